The van der Waals surface area contributed by atoms with E-state index < -0.39 is 0 Å². The van der Waals surface area contributed by atoms with E-state index in [2.05, 4.69) is 4.98 Å². The molecule has 5 nitrogen and oxygen atoms in total. The number of rotatable bonds is 4. The van der Waals surface area contributed by atoms with Crippen molar-refractivity contribution in [3.63, 3.8) is 0 Å². The first kappa shape index (κ1) is 17.5. The van der Waals surface area contributed by atoms with Crippen molar-refractivity contribution in [1.29, 1.82) is 0 Å². The number of para-hydroxylation sites is 1. The van der Waals surface area contributed by atoms with Gasteiger partial charge in [0.1, 0.15) is 12.0 Å². The number of hydrogen-bond acceptors (Lipinski definition) is 4. The summed E-state index contributed by atoms with van der Waals surface area (Å²) in [4.78, 5) is 32.0. The van der Waals surface area contributed by atoms with Crippen LogP contribution in [0.3, 0.4) is 0 Å². The first-order valence-corrected chi connectivity index (χ1v) is 9.34. The van der Waals surface area contributed by atoms with Crippen LogP contribution in [0.5, 0.6) is 0 Å². The zero-order chi connectivity index (χ0) is 19.0. The molecule has 1 amide bonds. The number of carbonyl (C=O) groups excluding carboxylic acids is 2. The molecule has 2 aromatic heterocycles. The van der Waals surface area contributed by atoms with Gasteiger partial charge >= 0.3 is 0 Å². The summed E-state index contributed by atoms with van der Waals surface area (Å²) >= 11 is 0. The standard InChI is InChI=1S/C22H22N2O3/c1-14(2)24(12-16-11-10-15-6-3-4-7-18(15)23-16)22(26)17-13-27-20-9-5-8-19(25)21(17)20/h3-4,6-7,10-11,13-14H,5,8-9,12H2,1-2H3. The van der Waals surface area contributed by atoms with Gasteiger partial charge in [0.15, 0.2) is 5.78 Å². The van der Waals surface area contributed by atoms with Gasteiger partial charge in [-0.2, -0.15) is 0 Å². The van der Waals surface area contributed by atoms with Crippen LogP contribution in [0.25, 0.3) is 10.9 Å². The molecule has 0 N–H and O–H groups in total. The van der Waals surface area contributed by atoms with Gasteiger partial charge in [-0.05, 0) is 32.4 Å². The van der Waals surface area contributed by atoms with E-state index in [1.807, 2.05) is 50.2 Å². The van der Waals surface area contributed by atoms with Gasteiger partial charge in [-0.3, -0.25) is 14.6 Å². The van der Waals surface area contributed by atoms with Crippen molar-refractivity contribution >= 4 is 22.6 Å². The second-order valence-electron chi connectivity index (χ2n) is 7.25. The fourth-order valence-corrected chi connectivity index (χ4v) is 3.59. The average molecular weight is 362 g/mol. The Hall–Kier alpha value is -2.95. The molecule has 0 aliphatic heterocycles. The Kier molecular flexibility index (Phi) is 4.52. The number of fused-ring (bicyclic) bond motifs is 2. The minimum Gasteiger partial charge on any atom is -0.468 e. The maximum Gasteiger partial charge on any atom is 0.258 e. The van der Waals surface area contributed by atoms with Gasteiger partial charge in [0.2, 0.25) is 0 Å². The van der Waals surface area contributed by atoms with E-state index in [4.69, 9.17) is 4.42 Å². The van der Waals surface area contributed by atoms with E-state index in [-0.39, 0.29) is 17.7 Å². The zero-order valence-corrected chi connectivity index (χ0v) is 15.6. The number of nitrogens with zero attached hydrogens (tertiary/aromatic N) is 2. The number of hydrogen-bond donors (Lipinski definition) is 0. The summed E-state index contributed by atoms with van der Waals surface area (Å²) in [7, 11) is 0. The van der Waals surface area contributed by atoms with Gasteiger partial charge in [-0.25, -0.2) is 0 Å². The molecule has 4 rings (SSSR count). The van der Waals surface area contributed by atoms with Crippen LogP contribution in [-0.4, -0.2) is 27.6 Å². The molecular formula is C22H22N2O3. The minimum absolute atomic E-state index is 0.000821. The summed E-state index contributed by atoms with van der Waals surface area (Å²) in [6, 6.07) is 11.8. The molecule has 1 aliphatic rings. The number of pyridine rings is 1. The summed E-state index contributed by atoms with van der Waals surface area (Å²) in [6.45, 7) is 4.32. The molecule has 0 radical (unpaired) electrons. The van der Waals surface area contributed by atoms with Crippen molar-refractivity contribution in [2.45, 2.75) is 45.7 Å². The molecule has 1 aromatic carbocycles. The number of benzene rings is 1. The number of aromatic nitrogens is 1. The highest BCUT2D eigenvalue weighted by molar-refractivity contribution is 6.09. The normalized spacial score (nSPS) is 13.8. The summed E-state index contributed by atoms with van der Waals surface area (Å²) < 4.78 is 5.53. The Morgan fingerprint density at radius 1 is 1.19 bits per heavy atom. The lowest BCUT2D eigenvalue weighted by Gasteiger charge is -2.26. The summed E-state index contributed by atoms with van der Waals surface area (Å²) in [5.74, 6) is 0.461. The highest BCUT2D eigenvalue weighted by Crippen LogP contribution is 2.28. The quantitative estimate of drug-likeness (QED) is 0.690. The Bertz CT molecular complexity index is 1020. The Morgan fingerprint density at radius 2 is 2.00 bits per heavy atom. The summed E-state index contributed by atoms with van der Waals surface area (Å²) in [6.07, 6.45) is 3.41. The third-order valence-electron chi connectivity index (χ3n) is 5.06. The van der Waals surface area contributed by atoms with E-state index in [9.17, 15) is 9.59 Å². The predicted molar refractivity (Wildman–Crippen MR) is 103 cm³/mol. The summed E-state index contributed by atoms with van der Waals surface area (Å²) in [5.41, 5.74) is 2.58. The smallest absolute Gasteiger partial charge is 0.258 e. The minimum atomic E-state index is -0.180. The first-order valence-electron chi connectivity index (χ1n) is 9.34. The third-order valence-corrected chi connectivity index (χ3v) is 5.06. The predicted octanol–water partition coefficient (Wildman–Crippen LogP) is 4.40. The molecule has 0 unspecified atom stereocenters. The maximum absolute atomic E-state index is 13.2. The molecule has 0 saturated carbocycles. The van der Waals surface area contributed by atoms with Crippen molar-refractivity contribution < 1.29 is 14.0 Å². The number of amides is 1. The van der Waals surface area contributed by atoms with Gasteiger partial charge in [0, 0.05) is 24.3 Å². The van der Waals surface area contributed by atoms with E-state index in [0.29, 0.717) is 36.3 Å². The van der Waals surface area contributed by atoms with Crippen LogP contribution in [0.1, 0.15) is 58.9 Å². The van der Waals surface area contributed by atoms with Crippen LogP contribution in [-0.2, 0) is 13.0 Å². The van der Waals surface area contributed by atoms with Crippen molar-refractivity contribution in [3.05, 3.63) is 65.2 Å². The molecule has 5 heteroatoms. The SMILES string of the molecule is CC(C)N(Cc1ccc2ccccc2n1)C(=O)c1coc2c1C(=O)CCC2. The van der Waals surface area contributed by atoms with Gasteiger partial charge in [0.25, 0.3) is 5.91 Å². The molecule has 138 valence electrons. The molecule has 0 bridgehead atoms. The number of furan rings is 1. The molecule has 0 fully saturated rings. The molecule has 2 heterocycles. The van der Waals surface area contributed by atoms with Crippen molar-refractivity contribution in [2.75, 3.05) is 0 Å². The van der Waals surface area contributed by atoms with Gasteiger partial charge in [-0.1, -0.05) is 24.3 Å². The lowest BCUT2D eigenvalue weighted by atomic mass is 9.93. The molecule has 1 aliphatic carbocycles. The average Bonchev–Trinajstić information content (AvgIpc) is 3.11. The molecule has 27 heavy (non-hydrogen) atoms. The van der Waals surface area contributed by atoms with Crippen LogP contribution in [0.2, 0.25) is 0 Å². The number of Topliss-reactive ketones (excluding diaryl/α,β-unsaturated/α-hetero) is 1. The van der Waals surface area contributed by atoms with Crippen molar-refractivity contribution in [1.82, 2.24) is 9.88 Å². The maximum atomic E-state index is 13.2. The Labute approximate surface area is 158 Å². The lowest BCUT2D eigenvalue weighted by molar-refractivity contribution is 0.0683. The highest BCUT2D eigenvalue weighted by Gasteiger charge is 2.31. The highest BCUT2D eigenvalue weighted by atomic mass is 16.3. The van der Waals surface area contributed by atoms with Gasteiger partial charge in [-0.15, -0.1) is 0 Å². The zero-order valence-electron chi connectivity index (χ0n) is 15.6. The van der Waals surface area contributed by atoms with Crippen LogP contribution < -0.4 is 0 Å². The molecule has 0 spiro atoms. The number of aryl methyl sites for hydroxylation is 1. The van der Waals surface area contributed by atoms with Gasteiger partial charge < -0.3 is 9.32 Å². The van der Waals surface area contributed by atoms with Crippen LogP contribution in [0.15, 0.2) is 47.1 Å². The van der Waals surface area contributed by atoms with E-state index in [0.717, 1.165) is 23.0 Å². The second kappa shape index (κ2) is 6.99. The van der Waals surface area contributed by atoms with E-state index >= 15 is 0 Å². The van der Waals surface area contributed by atoms with Crippen LogP contribution >= 0.6 is 0 Å². The second-order valence-corrected chi connectivity index (χ2v) is 7.25. The fraction of sp³-hybridized carbons (Fsp3) is 0.318. The first-order chi connectivity index (χ1) is 13.0. The van der Waals surface area contributed by atoms with E-state index in [1.54, 1.807) is 4.90 Å². The number of ketones is 1. The third kappa shape index (κ3) is 3.25. The topological polar surface area (TPSA) is 63.4 Å². The Balaban J connectivity index is 1.65. The monoisotopic (exact) mass is 362 g/mol. The molecule has 0 atom stereocenters. The van der Waals surface area contributed by atoms with Crippen molar-refractivity contribution in [3.8, 4) is 0 Å². The largest absolute Gasteiger partial charge is 0.468 e. The van der Waals surface area contributed by atoms with Crippen LogP contribution in [0.4, 0.5) is 0 Å². The van der Waals surface area contributed by atoms with Crippen molar-refractivity contribution in [2.24, 2.45) is 0 Å². The molecular weight excluding hydrogens is 340 g/mol. The Morgan fingerprint density at radius 3 is 2.81 bits per heavy atom. The lowest BCUT2D eigenvalue weighted by Crippen LogP contribution is -2.37. The fourth-order valence-electron chi connectivity index (χ4n) is 3.59. The number of carbonyl (C=O) groups is 2. The van der Waals surface area contributed by atoms with Gasteiger partial charge in [0.05, 0.1) is 28.9 Å². The molecule has 3 aromatic rings. The van der Waals surface area contributed by atoms with E-state index in [1.165, 1.54) is 6.26 Å². The summed E-state index contributed by atoms with van der Waals surface area (Å²) in [5, 5.41) is 1.07. The molecule has 0 saturated heterocycles. The van der Waals surface area contributed by atoms with Crippen LogP contribution in [0, 0.1) is 0 Å².